The van der Waals surface area contributed by atoms with Crippen LogP contribution < -0.4 is 0 Å². The van der Waals surface area contributed by atoms with Gasteiger partial charge in [-0.2, -0.15) is 0 Å². The molecule has 0 heterocycles. The van der Waals surface area contributed by atoms with E-state index < -0.39 is 0 Å². The maximum absolute atomic E-state index is 12.0. The number of rotatable bonds is 3. The highest BCUT2D eigenvalue weighted by atomic mass is 16.5. The standard InChI is InChI=1S/C14H27NO2/c1-11-7-6-8-12(9-11)15(5)13(16)10-17-14(2,3)4/h11-12H,6-10H2,1-5H3. The van der Waals surface area contributed by atoms with Crippen molar-refractivity contribution in [2.75, 3.05) is 13.7 Å². The van der Waals surface area contributed by atoms with Gasteiger partial charge in [0.05, 0.1) is 5.60 Å². The summed E-state index contributed by atoms with van der Waals surface area (Å²) in [6.45, 7) is 8.40. The van der Waals surface area contributed by atoms with Crippen LogP contribution in [0.25, 0.3) is 0 Å². The third kappa shape index (κ3) is 5.07. The molecule has 0 aromatic rings. The first-order valence-corrected chi connectivity index (χ1v) is 6.69. The van der Waals surface area contributed by atoms with E-state index in [1.807, 2.05) is 32.7 Å². The van der Waals surface area contributed by atoms with E-state index in [1.54, 1.807) is 0 Å². The Bertz CT molecular complexity index is 257. The Morgan fingerprint density at radius 3 is 2.53 bits per heavy atom. The number of amides is 1. The lowest BCUT2D eigenvalue weighted by molar-refractivity contribution is -0.142. The SMILES string of the molecule is CC1CCCC(N(C)C(=O)COC(C)(C)C)C1. The smallest absolute Gasteiger partial charge is 0.248 e. The van der Waals surface area contributed by atoms with E-state index in [9.17, 15) is 4.79 Å². The normalized spacial score (nSPS) is 25.7. The van der Waals surface area contributed by atoms with Crippen molar-refractivity contribution in [3.8, 4) is 0 Å². The molecule has 1 fully saturated rings. The van der Waals surface area contributed by atoms with Crippen LogP contribution in [0.3, 0.4) is 0 Å². The number of hydrogen-bond acceptors (Lipinski definition) is 2. The minimum absolute atomic E-state index is 0.110. The van der Waals surface area contributed by atoms with Crippen molar-refractivity contribution in [1.29, 1.82) is 0 Å². The Balaban J connectivity index is 2.40. The van der Waals surface area contributed by atoms with Gasteiger partial charge in [-0.25, -0.2) is 0 Å². The maximum atomic E-state index is 12.0. The number of nitrogens with zero attached hydrogens (tertiary/aromatic N) is 1. The molecule has 0 aliphatic heterocycles. The number of carbonyl (C=O) groups is 1. The molecule has 0 aromatic carbocycles. The van der Waals surface area contributed by atoms with Crippen molar-refractivity contribution >= 4 is 5.91 Å². The second-order valence-corrected chi connectivity index (χ2v) is 6.33. The van der Waals surface area contributed by atoms with E-state index in [4.69, 9.17) is 4.74 Å². The first-order chi connectivity index (χ1) is 7.79. The molecule has 0 spiro atoms. The summed E-state index contributed by atoms with van der Waals surface area (Å²) in [5, 5.41) is 0. The Morgan fingerprint density at radius 2 is 2.00 bits per heavy atom. The van der Waals surface area contributed by atoms with Gasteiger partial charge in [-0.3, -0.25) is 4.79 Å². The molecular weight excluding hydrogens is 214 g/mol. The molecule has 1 amide bonds. The minimum Gasteiger partial charge on any atom is -0.366 e. The molecule has 3 heteroatoms. The van der Waals surface area contributed by atoms with Gasteiger partial charge < -0.3 is 9.64 Å². The van der Waals surface area contributed by atoms with Gasteiger partial charge in [-0.15, -0.1) is 0 Å². The van der Waals surface area contributed by atoms with Crippen LogP contribution in [0.4, 0.5) is 0 Å². The zero-order valence-electron chi connectivity index (χ0n) is 12.0. The summed E-state index contributed by atoms with van der Waals surface area (Å²) in [6, 6.07) is 0.412. The van der Waals surface area contributed by atoms with Crippen LogP contribution in [-0.2, 0) is 9.53 Å². The maximum Gasteiger partial charge on any atom is 0.248 e. The molecule has 0 aromatic heterocycles. The van der Waals surface area contributed by atoms with E-state index in [-0.39, 0.29) is 18.1 Å². The Morgan fingerprint density at radius 1 is 1.35 bits per heavy atom. The Kier molecular flexibility index (Phi) is 4.99. The summed E-state index contributed by atoms with van der Waals surface area (Å²) in [5.41, 5.74) is -0.240. The van der Waals surface area contributed by atoms with Crippen molar-refractivity contribution in [1.82, 2.24) is 4.90 Å². The second-order valence-electron chi connectivity index (χ2n) is 6.33. The van der Waals surface area contributed by atoms with Gasteiger partial charge >= 0.3 is 0 Å². The largest absolute Gasteiger partial charge is 0.366 e. The van der Waals surface area contributed by atoms with Crippen LogP contribution in [0, 0.1) is 5.92 Å². The molecule has 2 atom stereocenters. The van der Waals surface area contributed by atoms with Gasteiger partial charge in [-0.1, -0.05) is 19.8 Å². The predicted molar refractivity (Wildman–Crippen MR) is 69.9 cm³/mol. The molecule has 0 radical (unpaired) electrons. The molecule has 0 bridgehead atoms. The van der Waals surface area contributed by atoms with Crippen molar-refractivity contribution < 1.29 is 9.53 Å². The highest BCUT2D eigenvalue weighted by Gasteiger charge is 2.26. The van der Waals surface area contributed by atoms with Crippen molar-refractivity contribution in [2.24, 2.45) is 5.92 Å². The summed E-state index contributed by atoms with van der Waals surface area (Å²) in [6.07, 6.45) is 4.82. The molecule has 100 valence electrons. The van der Waals surface area contributed by atoms with Gasteiger partial charge in [0, 0.05) is 13.1 Å². The minimum atomic E-state index is -0.240. The van der Waals surface area contributed by atoms with Crippen LogP contribution in [0.2, 0.25) is 0 Å². The van der Waals surface area contributed by atoms with E-state index in [0.717, 1.165) is 18.8 Å². The fourth-order valence-corrected chi connectivity index (χ4v) is 2.34. The molecule has 1 rings (SSSR count). The number of carbonyl (C=O) groups excluding carboxylic acids is 1. The zero-order chi connectivity index (χ0) is 13.1. The van der Waals surface area contributed by atoms with E-state index in [1.165, 1.54) is 12.8 Å². The fourth-order valence-electron chi connectivity index (χ4n) is 2.34. The van der Waals surface area contributed by atoms with Gasteiger partial charge in [0.25, 0.3) is 0 Å². The van der Waals surface area contributed by atoms with Gasteiger partial charge in [0.1, 0.15) is 6.61 Å². The molecule has 0 N–H and O–H groups in total. The molecule has 1 saturated carbocycles. The molecule has 3 nitrogen and oxygen atoms in total. The topological polar surface area (TPSA) is 29.5 Å². The third-order valence-electron chi connectivity index (χ3n) is 3.48. The monoisotopic (exact) mass is 241 g/mol. The highest BCUT2D eigenvalue weighted by Crippen LogP contribution is 2.26. The summed E-state index contributed by atoms with van der Waals surface area (Å²) >= 11 is 0. The second kappa shape index (κ2) is 5.85. The quantitative estimate of drug-likeness (QED) is 0.760. The Labute approximate surface area is 106 Å². The number of ether oxygens (including phenoxy) is 1. The lowest BCUT2D eigenvalue weighted by Crippen LogP contribution is -2.42. The third-order valence-corrected chi connectivity index (χ3v) is 3.48. The lowest BCUT2D eigenvalue weighted by atomic mass is 9.86. The summed E-state index contributed by atoms with van der Waals surface area (Å²) < 4.78 is 5.54. The summed E-state index contributed by atoms with van der Waals surface area (Å²) in [5.74, 6) is 0.853. The molecule has 17 heavy (non-hydrogen) atoms. The van der Waals surface area contributed by atoms with Crippen LogP contribution >= 0.6 is 0 Å². The van der Waals surface area contributed by atoms with Crippen LogP contribution in [0.15, 0.2) is 0 Å². The lowest BCUT2D eigenvalue weighted by Gasteiger charge is -2.34. The first kappa shape index (κ1) is 14.5. The van der Waals surface area contributed by atoms with Crippen LogP contribution in [-0.4, -0.2) is 36.1 Å². The predicted octanol–water partition coefficient (Wildman–Crippen LogP) is 2.84. The molecule has 1 aliphatic carbocycles. The fraction of sp³-hybridized carbons (Fsp3) is 0.929. The van der Waals surface area contributed by atoms with Crippen molar-refractivity contribution in [3.05, 3.63) is 0 Å². The van der Waals surface area contributed by atoms with E-state index in [0.29, 0.717) is 6.04 Å². The first-order valence-electron chi connectivity index (χ1n) is 6.69. The average molecular weight is 241 g/mol. The Hall–Kier alpha value is -0.570. The molecule has 1 aliphatic rings. The van der Waals surface area contributed by atoms with E-state index >= 15 is 0 Å². The van der Waals surface area contributed by atoms with Crippen LogP contribution in [0.1, 0.15) is 53.4 Å². The van der Waals surface area contributed by atoms with E-state index in [2.05, 4.69) is 6.92 Å². The van der Waals surface area contributed by atoms with Gasteiger partial charge in [0.2, 0.25) is 5.91 Å². The zero-order valence-corrected chi connectivity index (χ0v) is 12.0. The summed E-state index contributed by atoms with van der Waals surface area (Å²) in [4.78, 5) is 13.9. The number of likely N-dealkylation sites (N-methyl/N-ethyl adjacent to an activating group) is 1. The van der Waals surface area contributed by atoms with Crippen molar-refractivity contribution in [2.45, 2.75) is 65.0 Å². The van der Waals surface area contributed by atoms with Crippen LogP contribution in [0.5, 0.6) is 0 Å². The molecule has 0 saturated heterocycles. The van der Waals surface area contributed by atoms with Gasteiger partial charge in [-0.05, 0) is 39.5 Å². The average Bonchev–Trinajstić information content (AvgIpc) is 2.24. The molecule has 2 unspecified atom stereocenters. The van der Waals surface area contributed by atoms with Crippen molar-refractivity contribution in [3.63, 3.8) is 0 Å². The van der Waals surface area contributed by atoms with Gasteiger partial charge in [0.15, 0.2) is 0 Å². The molecular formula is C14H27NO2. The highest BCUT2D eigenvalue weighted by molar-refractivity contribution is 5.77. The summed E-state index contributed by atoms with van der Waals surface area (Å²) in [7, 11) is 1.91. The number of hydrogen-bond donors (Lipinski definition) is 0.